The maximum Gasteiger partial charge on any atom is 0.347 e. The Morgan fingerprint density at radius 1 is 1.14 bits per heavy atom. The molecular weight excluding hydrogens is 456 g/mol. The average molecular weight is 491 g/mol. The van der Waals surface area contributed by atoms with Gasteiger partial charge in [-0.3, -0.25) is 9.69 Å². The van der Waals surface area contributed by atoms with Crippen molar-refractivity contribution in [2.75, 3.05) is 40.1 Å². The molecule has 0 aliphatic carbocycles. The summed E-state index contributed by atoms with van der Waals surface area (Å²) in [6.07, 6.45) is 2.54. The van der Waals surface area contributed by atoms with Gasteiger partial charge in [-0.05, 0) is 64.4 Å². The predicted molar refractivity (Wildman–Crippen MR) is 128 cm³/mol. The van der Waals surface area contributed by atoms with Crippen LogP contribution in [-0.2, 0) is 33.4 Å². The molecular formula is C25H34N2O8. The molecule has 1 saturated heterocycles. The molecule has 1 aliphatic heterocycles. The number of hydrogen-bond acceptors (Lipinski definition) is 10. The number of hydrogen-bond donors (Lipinski definition) is 0. The van der Waals surface area contributed by atoms with Crippen LogP contribution in [0.3, 0.4) is 0 Å². The maximum absolute atomic E-state index is 12.6. The summed E-state index contributed by atoms with van der Waals surface area (Å²) >= 11 is 0. The van der Waals surface area contributed by atoms with E-state index < -0.39 is 30.1 Å². The van der Waals surface area contributed by atoms with Crippen molar-refractivity contribution in [2.24, 2.45) is 5.16 Å². The van der Waals surface area contributed by atoms with Crippen LogP contribution in [0, 0.1) is 0 Å². The summed E-state index contributed by atoms with van der Waals surface area (Å²) in [5.41, 5.74) is 0.546. The van der Waals surface area contributed by atoms with Crippen molar-refractivity contribution >= 4 is 23.6 Å². The molecule has 192 valence electrons. The van der Waals surface area contributed by atoms with Gasteiger partial charge >= 0.3 is 17.9 Å². The first-order chi connectivity index (χ1) is 16.7. The number of nitrogens with zero attached hydrogens (tertiary/aromatic N) is 2. The summed E-state index contributed by atoms with van der Waals surface area (Å²) in [5, 5.41) is 4.30. The first kappa shape index (κ1) is 27.8. The molecule has 0 saturated carbocycles. The highest BCUT2D eigenvalue weighted by atomic mass is 16.7. The molecule has 1 aromatic carbocycles. The minimum absolute atomic E-state index is 0.0891. The molecule has 35 heavy (non-hydrogen) atoms. The van der Waals surface area contributed by atoms with E-state index in [0.29, 0.717) is 31.0 Å². The fourth-order valence-corrected chi connectivity index (χ4v) is 3.87. The van der Waals surface area contributed by atoms with E-state index in [0.717, 1.165) is 18.1 Å². The van der Waals surface area contributed by atoms with E-state index in [2.05, 4.69) is 11.7 Å². The van der Waals surface area contributed by atoms with Gasteiger partial charge in [0.05, 0.1) is 19.3 Å². The first-order valence-corrected chi connectivity index (χ1v) is 11.5. The van der Waals surface area contributed by atoms with E-state index in [1.54, 1.807) is 26.2 Å². The molecule has 0 bridgehead atoms. The number of methoxy groups -OCH3 is 1. The molecule has 1 fully saturated rings. The minimum atomic E-state index is -0.731. The number of carbonyl (C=O) groups excluding carboxylic acids is 3. The third-order valence-electron chi connectivity index (χ3n) is 5.57. The van der Waals surface area contributed by atoms with Crippen LogP contribution in [0.1, 0.15) is 39.2 Å². The molecule has 1 unspecified atom stereocenters. The summed E-state index contributed by atoms with van der Waals surface area (Å²) in [6, 6.07) is 6.87. The Labute approximate surface area is 205 Å². The lowest BCUT2D eigenvalue weighted by Gasteiger charge is -2.39. The van der Waals surface area contributed by atoms with Crippen molar-refractivity contribution in [2.45, 2.75) is 45.2 Å². The fraction of sp³-hybridized carbons (Fsp3) is 0.520. The summed E-state index contributed by atoms with van der Waals surface area (Å²) in [6.45, 7) is 9.30. The topological polar surface area (TPSA) is 113 Å². The van der Waals surface area contributed by atoms with Crippen LogP contribution in [0.2, 0.25) is 0 Å². The molecule has 0 aromatic heterocycles. The Balaban J connectivity index is 2.17. The number of ether oxygens (including phenoxy) is 4. The molecule has 1 atom stereocenters. The van der Waals surface area contributed by atoms with Crippen LogP contribution in [0.5, 0.6) is 5.75 Å². The van der Waals surface area contributed by atoms with Crippen LogP contribution in [0.4, 0.5) is 0 Å². The van der Waals surface area contributed by atoms with Gasteiger partial charge < -0.3 is 23.8 Å². The molecule has 2 rings (SSSR count). The molecule has 0 N–H and O–H groups in total. The highest BCUT2D eigenvalue weighted by Crippen LogP contribution is 2.31. The zero-order chi connectivity index (χ0) is 25.8. The SMILES string of the molecule is C=CC(=O)OCCOC(=O)CON=C(c1ccc(OC)cc1)C(C)(C)N1CCCC1C(=O)OCC. The van der Waals surface area contributed by atoms with Gasteiger partial charge in [-0.25, -0.2) is 9.59 Å². The molecule has 10 nitrogen and oxygen atoms in total. The van der Waals surface area contributed by atoms with Gasteiger partial charge in [0.15, 0.2) is 0 Å². The van der Waals surface area contributed by atoms with Gasteiger partial charge in [0, 0.05) is 11.6 Å². The van der Waals surface area contributed by atoms with Crippen LogP contribution in [0.15, 0.2) is 42.1 Å². The van der Waals surface area contributed by atoms with E-state index in [4.69, 9.17) is 23.8 Å². The van der Waals surface area contributed by atoms with Gasteiger partial charge in [0.25, 0.3) is 0 Å². The van der Waals surface area contributed by atoms with Crippen molar-refractivity contribution in [3.05, 3.63) is 42.5 Å². The van der Waals surface area contributed by atoms with E-state index in [9.17, 15) is 14.4 Å². The molecule has 0 spiro atoms. The molecule has 10 heteroatoms. The van der Waals surface area contributed by atoms with Crippen molar-refractivity contribution in [3.8, 4) is 5.75 Å². The van der Waals surface area contributed by atoms with Crippen molar-refractivity contribution in [1.82, 2.24) is 4.90 Å². The highest BCUT2D eigenvalue weighted by molar-refractivity contribution is 6.07. The Bertz CT molecular complexity index is 911. The number of benzene rings is 1. The zero-order valence-electron chi connectivity index (χ0n) is 20.8. The second-order valence-corrected chi connectivity index (χ2v) is 8.20. The normalized spacial score (nSPS) is 16.3. The Hall–Kier alpha value is -3.40. The summed E-state index contributed by atoms with van der Waals surface area (Å²) in [4.78, 5) is 43.0. The zero-order valence-corrected chi connectivity index (χ0v) is 20.8. The lowest BCUT2D eigenvalue weighted by Crippen LogP contribution is -2.55. The number of oxime groups is 1. The molecule has 1 heterocycles. The number of rotatable bonds is 13. The van der Waals surface area contributed by atoms with E-state index in [-0.39, 0.29) is 19.2 Å². The maximum atomic E-state index is 12.6. The number of carbonyl (C=O) groups is 3. The predicted octanol–water partition coefficient (Wildman–Crippen LogP) is 2.49. The van der Waals surface area contributed by atoms with Gasteiger partial charge in [-0.1, -0.05) is 11.7 Å². The van der Waals surface area contributed by atoms with Crippen LogP contribution < -0.4 is 4.74 Å². The fourth-order valence-electron chi connectivity index (χ4n) is 3.87. The average Bonchev–Trinajstić information content (AvgIpc) is 3.36. The van der Waals surface area contributed by atoms with E-state index in [1.807, 2.05) is 30.9 Å². The lowest BCUT2D eigenvalue weighted by molar-refractivity contribution is -0.153. The molecule has 0 radical (unpaired) electrons. The Morgan fingerprint density at radius 2 is 1.83 bits per heavy atom. The Kier molecular flexibility index (Phi) is 10.7. The third-order valence-corrected chi connectivity index (χ3v) is 5.57. The van der Waals surface area contributed by atoms with Gasteiger partial charge in [-0.2, -0.15) is 0 Å². The van der Waals surface area contributed by atoms with Crippen LogP contribution in [-0.4, -0.2) is 80.2 Å². The quantitative estimate of drug-likeness (QED) is 0.103. The summed E-state index contributed by atoms with van der Waals surface area (Å²) < 4.78 is 20.3. The standard InChI is InChI=1S/C25H34N2O8/c1-6-21(28)33-15-16-34-22(29)17-35-26-23(18-10-12-19(31-5)13-11-18)25(3,4)27-14-8-9-20(27)24(30)32-7-2/h6,10-13,20H,1,7-9,14-17H2,2-5H3. The van der Waals surface area contributed by atoms with Crippen LogP contribution >= 0.6 is 0 Å². The lowest BCUT2D eigenvalue weighted by atomic mass is 9.89. The smallest absolute Gasteiger partial charge is 0.347 e. The minimum Gasteiger partial charge on any atom is -0.497 e. The summed E-state index contributed by atoms with van der Waals surface area (Å²) in [7, 11) is 1.58. The monoisotopic (exact) mass is 490 g/mol. The number of esters is 3. The van der Waals surface area contributed by atoms with Gasteiger partial charge in [0.2, 0.25) is 6.61 Å². The van der Waals surface area contributed by atoms with E-state index >= 15 is 0 Å². The largest absolute Gasteiger partial charge is 0.497 e. The molecule has 1 aliphatic rings. The van der Waals surface area contributed by atoms with Crippen molar-refractivity contribution in [1.29, 1.82) is 0 Å². The second kappa shape index (κ2) is 13.5. The first-order valence-electron chi connectivity index (χ1n) is 11.5. The highest BCUT2D eigenvalue weighted by Gasteiger charge is 2.44. The van der Waals surface area contributed by atoms with Crippen molar-refractivity contribution in [3.63, 3.8) is 0 Å². The molecule has 1 aromatic rings. The third kappa shape index (κ3) is 7.81. The summed E-state index contributed by atoms with van der Waals surface area (Å²) in [5.74, 6) is -0.857. The molecule has 0 amide bonds. The van der Waals surface area contributed by atoms with Crippen molar-refractivity contribution < 1.29 is 38.2 Å². The number of likely N-dealkylation sites (tertiary alicyclic amines) is 1. The van der Waals surface area contributed by atoms with Gasteiger partial charge in [-0.15, -0.1) is 0 Å². The van der Waals surface area contributed by atoms with E-state index in [1.165, 1.54) is 0 Å². The van der Waals surface area contributed by atoms with Crippen LogP contribution in [0.25, 0.3) is 0 Å². The van der Waals surface area contributed by atoms with Gasteiger partial charge in [0.1, 0.15) is 30.7 Å². The Morgan fingerprint density at radius 3 is 2.46 bits per heavy atom. The second-order valence-electron chi connectivity index (χ2n) is 8.20.